The van der Waals surface area contributed by atoms with Crippen LogP contribution in [0.3, 0.4) is 0 Å². The Hall–Kier alpha value is -2.49. The molecule has 1 aromatic carbocycles. The summed E-state index contributed by atoms with van der Waals surface area (Å²) in [5, 5.41) is 8.96. The van der Waals surface area contributed by atoms with Crippen LogP contribution in [-0.2, 0) is 0 Å². The lowest BCUT2D eigenvalue weighted by atomic mass is 10.1. The minimum atomic E-state index is 0.786. The van der Waals surface area contributed by atoms with Crippen LogP contribution in [0.15, 0.2) is 40.7 Å². The van der Waals surface area contributed by atoms with E-state index < -0.39 is 0 Å². The minimum Gasteiger partial charge on any atom is -0.283 e. The van der Waals surface area contributed by atoms with Crippen LogP contribution in [0.1, 0.15) is 27.9 Å². The average Bonchev–Trinajstić information content (AvgIpc) is 2.72. The molecule has 2 aromatic heterocycles. The molecule has 0 amide bonds. The fourth-order valence-corrected chi connectivity index (χ4v) is 2.80. The predicted molar refractivity (Wildman–Crippen MR) is 89.5 cm³/mol. The van der Waals surface area contributed by atoms with Crippen molar-refractivity contribution in [2.75, 3.05) is 0 Å². The lowest BCUT2D eigenvalue weighted by Crippen LogP contribution is -1.85. The van der Waals surface area contributed by atoms with Gasteiger partial charge in [0.05, 0.1) is 11.4 Å². The third-order valence-electron chi connectivity index (χ3n) is 3.80. The van der Waals surface area contributed by atoms with E-state index in [1.165, 1.54) is 11.1 Å². The first-order valence-electron chi connectivity index (χ1n) is 7.40. The van der Waals surface area contributed by atoms with Gasteiger partial charge in [-0.2, -0.15) is 0 Å². The molecule has 0 radical (unpaired) electrons. The standard InChI is InChI=1S/C18H20N4/c1-11-6-7-22-16(10-11)19-15(5)18(22)21-20-17-13(3)8-12(2)9-14(17)4/h6-10H,1-5H3. The maximum absolute atomic E-state index is 4.55. The molecule has 0 atom stereocenters. The molecule has 0 unspecified atom stereocenters. The molecule has 0 spiro atoms. The zero-order valence-electron chi connectivity index (χ0n) is 13.7. The molecule has 0 saturated carbocycles. The van der Waals surface area contributed by atoms with Gasteiger partial charge in [-0.25, -0.2) is 4.98 Å². The van der Waals surface area contributed by atoms with Gasteiger partial charge >= 0.3 is 0 Å². The van der Waals surface area contributed by atoms with Crippen LogP contribution < -0.4 is 0 Å². The number of imidazole rings is 1. The van der Waals surface area contributed by atoms with Gasteiger partial charge in [0.25, 0.3) is 0 Å². The molecule has 3 rings (SSSR count). The molecule has 0 N–H and O–H groups in total. The smallest absolute Gasteiger partial charge is 0.182 e. The second kappa shape index (κ2) is 5.37. The molecule has 112 valence electrons. The average molecular weight is 292 g/mol. The molecule has 4 heteroatoms. The van der Waals surface area contributed by atoms with Crippen LogP contribution >= 0.6 is 0 Å². The van der Waals surface area contributed by atoms with Crippen molar-refractivity contribution in [3.05, 3.63) is 58.4 Å². The second-order valence-corrected chi connectivity index (χ2v) is 5.90. The molecular formula is C18H20N4. The van der Waals surface area contributed by atoms with Crippen molar-refractivity contribution < 1.29 is 0 Å². The maximum atomic E-state index is 4.55. The largest absolute Gasteiger partial charge is 0.283 e. The third-order valence-corrected chi connectivity index (χ3v) is 3.80. The SMILES string of the molecule is Cc1cc(C)c(N=Nc2c(C)nc3cc(C)ccn23)c(C)c1. The number of aromatic nitrogens is 2. The van der Waals surface area contributed by atoms with Crippen molar-refractivity contribution in [3.63, 3.8) is 0 Å². The van der Waals surface area contributed by atoms with Crippen molar-refractivity contribution in [1.29, 1.82) is 0 Å². The van der Waals surface area contributed by atoms with Gasteiger partial charge in [-0.05, 0) is 63.4 Å². The Morgan fingerprint density at radius 3 is 2.23 bits per heavy atom. The van der Waals surface area contributed by atoms with Gasteiger partial charge in [-0.15, -0.1) is 10.2 Å². The van der Waals surface area contributed by atoms with E-state index in [1.807, 2.05) is 23.6 Å². The van der Waals surface area contributed by atoms with E-state index in [4.69, 9.17) is 0 Å². The van der Waals surface area contributed by atoms with Gasteiger partial charge in [0.15, 0.2) is 5.82 Å². The highest BCUT2D eigenvalue weighted by atomic mass is 15.2. The molecule has 0 saturated heterocycles. The van der Waals surface area contributed by atoms with Gasteiger partial charge in [0.2, 0.25) is 0 Å². The Morgan fingerprint density at radius 1 is 0.864 bits per heavy atom. The Morgan fingerprint density at radius 2 is 1.55 bits per heavy atom. The van der Waals surface area contributed by atoms with Crippen molar-refractivity contribution in [2.24, 2.45) is 10.2 Å². The maximum Gasteiger partial charge on any atom is 0.182 e. The summed E-state index contributed by atoms with van der Waals surface area (Å²) in [4.78, 5) is 4.55. The highest BCUT2D eigenvalue weighted by molar-refractivity contribution is 5.55. The molecule has 0 bridgehead atoms. The van der Waals surface area contributed by atoms with Crippen molar-refractivity contribution in [2.45, 2.75) is 34.6 Å². The lowest BCUT2D eigenvalue weighted by Gasteiger charge is -2.05. The number of azo groups is 1. The summed E-state index contributed by atoms with van der Waals surface area (Å²) in [7, 11) is 0. The van der Waals surface area contributed by atoms with Gasteiger partial charge in [0.1, 0.15) is 5.65 Å². The van der Waals surface area contributed by atoms with Gasteiger partial charge in [-0.3, -0.25) is 4.40 Å². The molecule has 0 aliphatic rings. The number of fused-ring (bicyclic) bond motifs is 1. The van der Waals surface area contributed by atoms with E-state index >= 15 is 0 Å². The van der Waals surface area contributed by atoms with Crippen molar-refractivity contribution in [3.8, 4) is 0 Å². The molecule has 3 aromatic rings. The monoisotopic (exact) mass is 292 g/mol. The Bertz CT molecular complexity index is 864. The first kappa shape index (κ1) is 14.4. The molecular weight excluding hydrogens is 272 g/mol. The number of nitrogens with zero attached hydrogens (tertiary/aromatic N) is 4. The second-order valence-electron chi connectivity index (χ2n) is 5.90. The number of aryl methyl sites for hydroxylation is 5. The topological polar surface area (TPSA) is 42.0 Å². The van der Waals surface area contributed by atoms with Gasteiger partial charge < -0.3 is 0 Å². The van der Waals surface area contributed by atoms with E-state index in [0.717, 1.165) is 34.0 Å². The Labute approximate surface area is 130 Å². The lowest BCUT2D eigenvalue weighted by molar-refractivity contribution is 1.08. The Kier molecular flexibility index (Phi) is 3.53. The van der Waals surface area contributed by atoms with Crippen LogP contribution in [0, 0.1) is 34.6 Å². The molecule has 22 heavy (non-hydrogen) atoms. The quantitative estimate of drug-likeness (QED) is 0.591. The predicted octanol–water partition coefficient (Wildman–Crippen LogP) is 5.29. The molecule has 4 nitrogen and oxygen atoms in total. The van der Waals surface area contributed by atoms with E-state index in [1.54, 1.807) is 0 Å². The van der Waals surface area contributed by atoms with E-state index in [0.29, 0.717) is 0 Å². The summed E-state index contributed by atoms with van der Waals surface area (Å²) in [6.07, 6.45) is 1.99. The van der Waals surface area contributed by atoms with Crippen LogP contribution in [-0.4, -0.2) is 9.38 Å². The Balaban J connectivity index is 2.09. The highest BCUT2D eigenvalue weighted by Gasteiger charge is 2.09. The van der Waals surface area contributed by atoms with Crippen LogP contribution in [0.25, 0.3) is 5.65 Å². The summed E-state index contributed by atoms with van der Waals surface area (Å²) in [6, 6.07) is 8.36. The fourth-order valence-electron chi connectivity index (χ4n) is 2.80. The normalized spacial score (nSPS) is 11.7. The number of hydrogen-bond acceptors (Lipinski definition) is 3. The van der Waals surface area contributed by atoms with Gasteiger partial charge in [-0.1, -0.05) is 17.7 Å². The number of pyridine rings is 1. The van der Waals surface area contributed by atoms with Crippen molar-refractivity contribution in [1.82, 2.24) is 9.38 Å². The van der Waals surface area contributed by atoms with Gasteiger partial charge in [0, 0.05) is 6.20 Å². The zero-order valence-corrected chi connectivity index (χ0v) is 13.7. The van der Waals surface area contributed by atoms with Crippen LogP contribution in [0.4, 0.5) is 11.5 Å². The summed E-state index contributed by atoms with van der Waals surface area (Å²) in [6.45, 7) is 10.3. The molecule has 0 fully saturated rings. The fraction of sp³-hybridized carbons (Fsp3) is 0.278. The zero-order chi connectivity index (χ0) is 15.9. The van der Waals surface area contributed by atoms with Crippen LogP contribution in [0.5, 0.6) is 0 Å². The summed E-state index contributed by atoms with van der Waals surface area (Å²) in [5.41, 5.74) is 7.45. The van der Waals surface area contributed by atoms with Crippen LogP contribution in [0.2, 0.25) is 0 Å². The number of benzene rings is 1. The third kappa shape index (κ3) is 2.52. The highest BCUT2D eigenvalue weighted by Crippen LogP contribution is 2.28. The number of hydrogen-bond donors (Lipinski definition) is 0. The number of rotatable bonds is 2. The molecule has 2 heterocycles. The van der Waals surface area contributed by atoms with Crippen molar-refractivity contribution >= 4 is 17.2 Å². The van der Waals surface area contributed by atoms with E-state index in [-0.39, 0.29) is 0 Å². The molecule has 0 aliphatic heterocycles. The summed E-state index contributed by atoms with van der Waals surface area (Å²) < 4.78 is 1.98. The summed E-state index contributed by atoms with van der Waals surface area (Å²) in [5.74, 6) is 0.786. The first-order valence-corrected chi connectivity index (χ1v) is 7.40. The summed E-state index contributed by atoms with van der Waals surface area (Å²) >= 11 is 0. The minimum absolute atomic E-state index is 0.786. The molecule has 0 aliphatic carbocycles. The first-order chi connectivity index (χ1) is 10.5. The van der Waals surface area contributed by atoms with E-state index in [9.17, 15) is 0 Å². The van der Waals surface area contributed by atoms with E-state index in [2.05, 4.69) is 61.1 Å².